The third kappa shape index (κ3) is 2.54. The van der Waals surface area contributed by atoms with E-state index in [4.69, 9.17) is 4.74 Å². The van der Waals surface area contributed by atoms with Crippen molar-refractivity contribution in [3.05, 3.63) is 23.9 Å². The number of nitrogens with one attached hydrogen (secondary N) is 1. The molecular formula is C13H17N3O4S. The molecule has 0 radical (unpaired) electrons. The number of ether oxygens (including phenoxy) is 1. The van der Waals surface area contributed by atoms with Gasteiger partial charge >= 0.3 is 0 Å². The number of carbonyl (C=O) groups is 1. The molecule has 0 bridgehead atoms. The molecule has 1 amide bonds. The van der Waals surface area contributed by atoms with Crippen molar-refractivity contribution in [2.24, 2.45) is 0 Å². The molecule has 2 fully saturated rings. The second-order valence-electron chi connectivity index (χ2n) is 5.33. The number of hydrogen-bond donors (Lipinski definition) is 1. The lowest BCUT2D eigenvalue weighted by Crippen LogP contribution is -2.50. The van der Waals surface area contributed by atoms with Crippen LogP contribution in [-0.4, -0.2) is 56.6 Å². The summed E-state index contributed by atoms with van der Waals surface area (Å²) in [5.74, 6) is -0.114. The van der Waals surface area contributed by atoms with E-state index in [0.29, 0.717) is 25.3 Å². The summed E-state index contributed by atoms with van der Waals surface area (Å²) in [6, 6.07) is 2.85. The maximum Gasteiger partial charge on any atom is 0.257 e. The molecule has 8 heteroatoms. The zero-order chi connectivity index (χ0) is 15.1. The summed E-state index contributed by atoms with van der Waals surface area (Å²) in [5, 5.41) is -0.0929. The Balaban J connectivity index is 1.82. The Morgan fingerprint density at radius 2 is 2.19 bits per heavy atom. The summed E-state index contributed by atoms with van der Waals surface area (Å²) in [6.45, 7) is 1.68. The van der Waals surface area contributed by atoms with Crippen molar-refractivity contribution < 1.29 is 17.9 Å². The average molecular weight is 311 g/mol. The normalized spacial score (nSPS) is 20.5. The third-order valence-corrected chi connectivity index (χ3v) is 5.33. The van der Waals surface area contributed by atoms with Gasteiger partial charge in [0.25, 0.3) is 15.9 Å². The van der Waals surface area contributed by atoms with Crippen LogP contribution in [0.2, 0.25) is 0 Å². The molecule has 21 heavy (non-hydrogen) atoms. The molecule has 1 aliphatic carbocycles. The summed E-state index contributed by atoms with van der Waals surface area (Å²) in [4.78, 5) is 18.3. The molecule has 1 spiro atoms. The van der Waals surface area contributed by atoms with E-state index in [1.165, 1.54) is 25.4 Å². The lowest BCUT2D eigenvalue weighted by Gasteiger charge is -2.36. The molecule has 1 aromatic rings. The Bertz CT molecular complexity index is 652. The van der Waals surface area contributed by atoms with Gasteiger partial charge in [0.2, 0.25) is 0 Å². The van der Waals surface area contributed by atoms with E-state index in [1.54, 1.807) is 0 Å². The van der Waals surface area contributed by atoms with Crippen LogP contribution in [0.4, 0.5) is 0 Å². The zero-order valence-electron chi connectivity index (χ0n) is 11.7. The highest BCUT2D eigenvalue weighted by atomic mass is 32.2. The van der Waals surface area contributed by atoms with Crippen LogP contribution in [-0.2, 0) is 14.8 Å². The van der Waals surface area contributed by atoms with Crippen LogP contribution in [0.25, 0.3) is 0 Å². The summed E-state index contributed by atoms with van der Waals surface area (Å²) in [7, 11) is -2.26. The van der Waals surface area contributed by atoms with E-state index in [1.807, 2.05) is 4.90 Å². The Kier molecular flexibility index (Phi) is 3.46. The van der Waals surface area contributed by atoms with Gasteiger partial charge in [0.05, 0.1) is 24.3 Å². The Labute approximate surface area is 123 Å². The fourth-order valence-corrected chi connectivity index (χ4v) is 3.18. The molecule has 7 nitrogen and oxygen atoms in total. The molecule has 1 saturated heterocycles. The van der Waals surface area contributed by atoms with Gasteiger partial charge in [-0.3, -0.25) is 4.79 Å². The lowest BCUT2D eigenvalue weighted by molar-refractivity contribution is -0.0118. The van der Waals surface area contributed by atoms with Crippen molar-refractivity contribution in [2.75, 3.05) is 26.8 Å². The van der Waals surface area contributed by atoms with Crippen LogP contribution in [0.15, 0.2) is 23.4 Å². The molecule has 2 aliphatic rings. The summed E-state index contributed by atoms with van der Waals surface area (Å²) in [5.41, 5.74) is 0.253. The highest BCUT2D eigenvalue weighted by Gasteiger charge is 2.52. The number of rotatable bonds is 3. The lowest BCUT2D eigenvalue weighted by atomic mass is 10.1. The van der Waals surface area contributed by atoms with Crippen molar-refractivity contribution in [3.63, 3.8) is 0 Å². The average Bonchev–Trinajstić information content (AvgIpc) is 3.27. The molecule has 1 saturated carbocycles. The van der Waals surface area contributed by atoms with Gasteiger partial charge in [-0.1, -0.05) is 0 Å². The predicted molar refractivity (Wildman–Crippen MR) is 74.3 cm³/mol. The molecule has 2 heterocycles. The van der Waals surface area contributed by atoms with Crippen LogP contribution in [0.1, 0.15) is 23.2 Å². The van der Waals surface area contributed by atoms with E-state index in [2.05, 4.69) is 9.71 Å². The number of pyridine rings is 1. The first-order chi connectivity index (χ1) is 9.98. The van der Waals surface area contributed by atoms with Crippen LogP contribution in [0.3, 0.4) is 0 Å². The minimum Gasteiger partial charge on any atom is -0.377 e. The largest absolute Gasteiger partial charge is 0.377 e. The van der Waals surface area contributed by atoms with Gasteiger partial charge in [-0.25, -0.2) is 18.1 Å². The highest BCUT2D eigenvalue weighted by Crippen LogP contribution is 2.44. The van der Waals surface area contributed by atoms with Gasteiger partial charge in [-0.2, -0.15) is 0 Å². The molecule has 114 valence electrons. The molecule has 0 unspecified atom stereocenters. The van der Waals surface area contributed by atoms with Crippen molar-refractivity contribution in [1.29, 1.82) is 0 Å². The first kappa shape index (κ1) is 14.4. The molecule has 1 aromatic heterocycles. The van der Waals surface area contributed by atoms with E-state index >= 15 is 0 Å². The monoisotopic (exact) mass is 311 g/mol. The maximum atomic E-state index is 12.6. The summed E-state index contributed by atoms with van der Waals surface area (Å²) in [6.07, 6.45) is 3.23. The molecule has 1 aliphatic heterocycles. The second-order valence-corrected chi connectivity index (χ2v) is 7.16. The molecule has 0 atom stereocenters. The Morgan fingerprint density at radius 1 is 1.43 bits per heavy atom. The van der Waals surface area contributed by atoms with Crippen molar-refractivity contribution >= 4 is 15.9 Å². The number of sulfonamides is 1. The van der Waals surface area contributed by atoms with Gasteiger partial charge in [0, 0.05) is 12.7 Å². The van der Waals surface area contributed by atoms with Crippen LogP contribution < -0.4 is 4.72 Å². The predicted octanol–water partition coefficient (Wildman–Crippen LogP) is -0.00530. The SMILES string of the molecule is CNS(=O)(=O)c1ccc(C(=O)N2CCOCC23CC3)cn1. The number of aromatic nitrogens is 1. The topological polar surface area (TPSA) is 88.6 Å². The highest BCUT2D eigenvalue weighted by molar-refractivity contribution is 7.89. The third-order valence-electron chi connectivity index (χ3n) is 4.00. The van der Waals surface area contributed by atoms with Crippen LogP contribution in [0, 0.1) is 0 Å². The summed E-state index contributed by atoms with van der Waals surface area (Å²) >= 11 is 0. The number of amides is 1. The van der Waals surface area contributed by atoms with Gasteiger partial charge in [-0.15, -0.1) is 0 Å². The van der Waals surface area contributed by atoms with Gasteiger partial charge in [-0.05, 0) is 32.0 Å². The molecular weight excluding hydrogens is 294 g/mol. The van der Waals surface area contributed by atoms with Crippen LogP contribution >= 0.6 is 0 Å². The van der Waals surface area contributed by atoms with Crippen molar-refractivity contribution in [3.8, 4) is 0 Å². The van der Waals surface area contributed by atoms with Crippen molar-refractivity contribution in [1.82, 2.24) is 14.6 Å². The second kappa shape index (κ2) is 5.04. The van der Waals surface area contributed by atoms with E-state index < -0.39 is 10.0 Å². The first-order valence-corrected chi connectivity index (χ1v) is 8.26. The van der Waals surface area contributed by atoms with E-state index in [0.717, 1.165) is 12.8 Å². The number of nitrogens with zero attached hydrogens (tertiary/aromatic N) is 2. The molecule has 1 N–H and O–H groups in total. The molecule has 0 aromatic carbocycles. The zero-order valence-corrected chi connectivity index (χ0v) is 12.5. The minimum atomic E-state index is -3.58. The fraction of sp³-hybridized carbons (Fsp3) is 0.538. The minimum absolute atomic E-state index is 0.0929. The van der Waals surface area contributed by atoms with Crippen LogP contribution in [0.5, 0.6) is 0 Å². The van der Waals surface area contributed by atoms with Gasteiger partial charge in [0.1, 0.15) is 0 Å². The quantitative estimate of drug-likeness (QED) is 0.848. The van der Waals surface area contributed by atoms with Gasteiger partial charge in [0.15, 0.2) is 5.03 Å². The fourth-order valence-electron chi connectivity index (χ4n) is 2.53. The van der Waals surface area contributed by atoms with E-state index in [9.17, 15) is 13.2 Å². The Hall–Kier alpha value is -1.51. The van der Waals surface area contributed by atoms with Gasteiger partial charge < -0.3 is 9.64 Å². The maximum absolute atomic E-state index is 12.6. The van der Waals surface area contributed by atoms with Crippen molar-refractivity contribution in [2.45, 2.75) is 23.4 Å². The number of morpholine rings is 1. The number of hydrogen-bond acceptors (Lipinski definition) is 5. The molecule has 3 rings (SSSR count). The Morgan fingerprint density at radius 3 is 2.76 bits per heavy atom. The van der Waals surface area contributed by atoms with E-state index in [-0.39, 0.29) is 16.5 Å². The standard InChI is InChI=1S/C13H17N3O4S/c1-14-21(18,19)11-3-2-10(8-15-11)12(17)16-6-7-20-9-13(16)4-5-13/h2-3,8,14H,4-7,9H2,1H3. The smallest absolute Gasteiger partial charge is 0.257 e. The first-order valence-electron chi connectivity index (χ1n) is 6.78. The summed E-state index contributed by atoms with van der Waals surface area (Å²) < 4.78 is 30.9. The number of carbonyl (C=O) groups excluding carboxylic acids is 1.